The first-order valence-corrected chi connectivity index (χ1v) is 9.24. The molecule has 0 atom stereocenters. The maximum Gasteiger partial charge on any atom is 0.323 e. The third kappa shape index (κ3) is 6.48. The molecule has 0 heterocycles. The molecule has 7 heteroatoms. The zero-order chi connectivity index (χ0) is 17.1. The van der Waals surface area contributed by atoms with E-state index in [0.717, 1.165) is 12.8 Å². The van der Waals surface area contributed by atoms with Gasteiger partial charge in [0.15, 0.2) is 5.75 Å². The van der Waals surface area contributed by atoms with Crippen molar-refractivity contribution in [1.29, 1.82) is 0 Å². The van der Waals surface area contributed by atoms with E-state index >= 15 is 0 Å². The summed E-state index contributed by atoms with van der Waals surface area (Å²) in [5.41, 5.74) is -0.394. The van der Waals surface area contributed by atoms with Gasteiger partial charge in [0, 0.05) is 0 Å². The number of sulfonamides is 1. The highest BCUT2D eigenvalue weighted by Gasteiger charge is 2.25. The Bertz CT molecular complexity index is 659. The van der Waals surface area contributed by atoms with Gasteiger partial charge < -0.3 is 9.47 Å². The number of hydrogen-bond acceptors (Lipinski definition) is 5. The Hall–Kier alpha value is -1.76. The van der Waals surface area contributed by atoms with Crippen molar-refractivity contribution in [2.75, 3.05) is 17.1 Å². The fourth-order valence-corrected chi connectivity index (χ4v) is 2.84. The summed E-state index contributed by atoms with van der Waals surface area (Å²) in [6, 6.07) is 6.78. The smallest absolute Gasteiger partial charge is 0.323 e. The summed E-state index contributed by atoms with van der Waals surface area (Å²) < 4.78 is 37.3. The fourth-order valence-electron chi connectivity index (χ4n) is 1.90. The summed E-state index contributed by atoms with van der Waals surface area (Å²) in [6.45, 7) is 5.63. The van der Waals surface area contributed by atoms with Crippen molar-refractivity contribution in [1.82, 2.24) is 0 Å². The molecule has 0 spiro atoms. The molecular weight excluding hydrogens is 318 g/mol. The first-order chi connectivity index (χ1) is 10.6. The normalized spacial score (nSPS) is 15.1. The topological polar surface area (TPSA) is 81.7 Å². The number of benzene rings is 1. The summed E-state index contributed by atoms with van der Waals surface area (Å²) in [7, 11) is -3.86. The largest absolute Gasteiger partial charge is 0.491 e. The van der Waals surface area contributed by atoms with Crippen molar-refractivity contribution in [3.63, 3.8) is 0 Å². The van der Waals surface area contributed by atoms with Crippen LogP contribution in [0.2, 0.25) is 0 Å². The summed E-state index contributed by atoms with van der Waals surface area (Å²) in [5, 5.41) is 0. The number of nitrogens with one attached hydrogen (secondary N) is 1. The summed E-state index contributed by atoms with van der Waals surface area (Å²) in [5.74, 6) is -0.503. The minimum atomic E-state index is -3.86. The van der Waals surface area contributed by atoms with Crippen molar-refractivity contribution >= 4 is 21.7 Å². The molecule has 23 heavy (non-hydrogen) atoms. The van der Waals surface area contributed by atoms with E-state index in [-0.39, 0.29) is 0 Å². The van der Waals surface area contributed by atoms with Gasteiger partial charge in [0.05, 0.1) is 12.3 Å². The Morgan fingerprint density at radius 2 is 1.91 bits per heavy atom. The maximum atomic E-state index is 12.1. The van der Waals surface area contributed by atoms with Crippen LogP contribution in [0.4, 0.5) is 5.69 Å². The molecule has 1 saturated carbocycles. The van der Waals surface area contributed by atoms with E-state index < -0.39 is 27.3 Å². The monoisotopic (exact) mass is 341 g/mol. The van der Waals surface area contributed by atoms with Crippen LogP contribution >= 0.6 is 0 Å². The van der Waals surface area contributed by atoms with Crippen molar-refractivity contribution in [2.45, 2.75) is 39.2 Å². The molecule has 0 amide bonds. The lowest BCUT2D eigenvalue weighted by atomic mass is 10.2. The third-order valence-corrected chi connectivity index (χ3v) is 4.20. The van der Waals surface area contributed by atoms with Gasteiger partial charge in [-0.1, -0.05) is 12.1 Å². The van der Waals surface area contributed by atoms with Crippen LogP contribution in [-0.4, -0.2) is 32.3 Å². The van der Waals surface area contributed by atoms with Gasteiger partial charge in [0.2, 0.25) is 10.0 Å². The Kier molecular flexibility index (Phi) is 5.19. The van der Waals surface area contributed by atoms with E-state index in [9.17, 15) is 13.2 Å². The molecular formula is C16H23NO5S. The van der Waals surface area contributed by atoms with Crippen LogP contribution < -0.4 is 9.46 Å². The van der Waals surface area contributed by atoms with Crippen LogP contribution in [0, 0.1) is 5.92 Å². The average Bonchev–Trinajstić information content (AvgIpc) is 3.18. The molecule has 1 aromatic carbocycles. The predicted octanol–water partition coefficient (Wildman–Crippen LogP) is 2.56. The van der Waals surface area contributed by atoms with Gasteiger partial charge in [0.25, 0.3) is 0 Å². The number of carbonyl (C=O) groups excluding carboxylic acids is 1. The van der Waals surface area contributed by atoms with Crippen molar-refractivity contribution in [3.8, 4) is 5.75 Å². The molecule has 1 aliphatic carbocycles. The maximum absolute atomic E-state index is 12.1. The molecule has 0 aliphatic heterocycles. The molecule has 0 bridgehead atoms. The molecule has 1 aromatic rings. The zero-order valence-corrected chi connectivity index (χ0v) is 14.5. The second-order valence-electron chi connectivity index (χ2n) is 6.70. The molecule has 1 N–H and O–H groups in total. The van der Waals surface area contributed by atoms with Gasteiger partial charge in [0.1, 0.15) is 11.4 Å². The zero-order valence-electron chi connectivity index (χ0n) is 13.7. The van der Waals surface area contributed by atoms with Gasteiger partial charge in [-0.25, -0.2) is 8.42 Å². The number of anilines is 1. The van der Waals surface area contributed by atoms with Crippen molar-refractivity contribution in [2.24, 2.45) is 5.92 Å². The highest BCUT2D eigenvalue weighted by Crippen LogP contribution is 2.32. The molecule has 0 aromatic heterocycles. The molecule has 6 nitrogen and oxygen atoms in total. The van der Waals surface area contributed by atoms with E-state index in [0.29, 0.717) is 24.0 Å². The quantitative estimate of drug-likeness (QED) is 0.771. The van der Waals surface area contributed by atoms with Crippen molar-refractivity contribution < 1.29 is 22.7 Å². The average molecular weight is 341 g/mol. The lowest BCUT2D eigenvalue weighted by Gasteiger charge is -2.19. The molecule has 0 radical (unpaired) electrons. The third-order valence-electron chi connectivity index (χ3n) is 3.05. The first-order valence-electron chi connectivity index (χ1n) is 7.59. The summed E-state index contributed by atoms with van der Waals surface area (Å²) in [4.78, 5) is 11.7. The number of carbonyl (C=O) groups is 1. The van der Waals surface area contributed by atoms with Gasteiger partial charge in [-0.2, -0.15) is 0 Å². The van der Waals surface area contributed by atoms with Gasteiger partial charge in [-0.3, -0.25) is 9.52 Å². The number of esters is 1. The SMILES string of the molecule is CC(C)(C)OC(=O)CS(=O)(=O)Nc1ccccc1OCC1CC1. The van der Waals surface area contributed by atoms with E-state index in [1.807, 2.05) is 0 Å². The van der Waals surface area contributed by atoms with Crippen LogP contribution in [0.3, 0.4) is 0 Å². The minimum Gasteiger partial charge on any atom is -0.491 e. The Labute approximate surface area is 137 Å². The minimum absolute atomic E-state index is 0.330. The Morgan fingerprint density at radius 3 is 2.52 bits per heavy atom. The first kappa shape index (κ1) is 17.6. The molecule has 1 aliphatic rings. The van der Waals surface area contributed by atoms with E-state index in [1.165, 1.54) is 0 Å². The fraction of sp³-hybridized carbons (Fsp3) is 0.562. The molecule has 1 fully saturated rings. The number of ether oxygens (including phenoxy) is 2. The van der Waals surface area contributed by atoms with E-state index in [2.05, 4.69) is 4.72 Å². The Balaban J connectivity index is 2.00. The molecule has 128 valence electrons. The lowest BCUT2D eigenvalue weighted by Crippen LogP contribution is -2.30. The second kappa shape index (κ2) is 6.78. The lowest BCUT2D eigenvalue weighted by molar-refractivity contribution is -0.151. The molecule has 0 saturated heterocycles. The van der Waals surface area contributed by atoms with Crippen LogP contribution in [0.1, 0.15) is 33.6 Å². The van der Waals surface area contributed by atoms with Gasteiger partial charge in [-0.05, 0) is 51.7 Å². The van der Waals surface area contributed by atoms with E-state index in [4.69, 9.17) is 9.47 Å². The van der Waals surface area contributed by atoms with Gasteiger partial charge in [-0.15, -0.1) is 0 Å². The number of para-hydroxylation sites is 2. The highest BCUT2D eigenvalue weighted by molar-refractivity contribution is 7.93. The van der Waals surface area contributed by atoms with Crippen LogP contribution in [0.25, 0.3) is 0 Å². The van der Waals surface area contributed by atoms with E-state index in [1.54, 1.807) is 45.0 Å². The van der Waals surface area contributed by atoms with Crippen LogP contribution in [0.15, 0.2) is 24.3 Å². The van der Waals surface area contributed by atoms with Crippen LogP contribution in [0.5, 0.6) is 5.75 Å². The Morgan fingerprint density at radius 1 is 1.26 bits per heavy atom. The number of rotatable bonds is 7. The van der Waals surface area contributed by atoms with Gasteiger partial charge >= 0.3 is 5.97 Å². The number of hydrogen-bond donors (Lipinski definition) is 1. The molecule has 0 unspecified atom stereocenters. The standard InChI is InChI=1S/C16H23NO5S/c1-16(2,3)22-15(18)11-23(19,20)17-13-6-4-5-7-14(13)21-10-12-8-9-12/h4-7,12,17H,8-11H2,1-3H3. The summed E-state index contributed by atoms with van der Waals surface area (Å²) in [6.07, 6.45) is 2.29. The second-order valence-corrected chi connectivity index (χ2v) is 8.42. The van der Waals surface area contributed by atoms with Crippen molar-refractivity contribution in [3.05, 3.63) is 24.3 Å². The summed E-state index contributed by atoms with van der Waals surface area (Å²) >= 11 is 0. The predicted molar refractivity (Wildman–Crippen MR) is 87.9 cm³/mol. The molecule has 2 rings (SSSR count). The van der Waals surface area contributed by atoms with Crippen LogP contribution in [-0.2, 0) is 19.6 Å². The highest BCUT2D eigenvalue weighted by atomic mass is 32.2.